The van der Waals surface area contributed by atoms with Crippen molar-refractivity contribution in [2.75, 3.05) is 13.2 Å². The van der Waals surface area contributed by atoms with Crippen molar-refractivity contribution < 1.29 is 24.2 Å². The average Bonchev–Trinajstić information content (AvgIpc) is 3.57. The lowest BCUT2D eigenvalue weighted by molar-refractivity contribution is -0.146. The number of fused-ring (bicyclic) bond motifs is 3. The predicted molar refractivity (Wildman–Crippen MR) is 128 cm³/mol. The number of carbonyl (C=O) groups excluding carboxylic acids is 2. The van der Waals surface area contributed by atoms with Gasteiger partial charge in [0.25, 0.3) is 0 Å². The Morgan fingerprint density at radius 3 is 2.09 bits per heavy atom. The Bertz CT molecular complexity index is 1040. The maximum atomic E-state index is 13.3. The molecule has 2 N–H and O–H groups in total. The van der Waals surface area contributed by atoms with E-state index in [-0.39, 0.29) is 36.4 Å². The number of ether oxygens (including phenoxy) is 1. The smallest absolute Gasteiger partial charge is 0.407 e. The molecule has 180 valence electrons. The third kappa shape index (κ3) is 5.41. The van der Waals surface area contributed by atoms with Crippen molar-refractivity contribution in [2.24, 2.45) is 5.41 Å². The van der Waals surface area contributed by atoms with E-state index in [0.29, 0.717) is 6.42 Å². The summed E-state index contributed by atoms with van der Waals surface area (Å²) >= 11 is 0. The number of carboxylic acid groups (broad SMARTS) is 1. The zero-order chi connectivity index (χ0) is 24.5. The summed E-state index contributed by atoms with van der Waals surface area (Å²) < 4.78 is 5.63. The van der Waals surface area contributed by atoms with E-state index in [1.807, 2.05) is 57.2 Å². The maximum absolute atomic E-state index is 13.3. The SMILES string of the molecule is CC(C)(C)CC(NC(=O)OCC1c2ccccc2-c2ccccc21)C(=O)N(CC(=O)O)C1CC1. The molecule has 0 radical (unpaired) electrons. The molecule has 0 heterocycles. The number of alkyl carbamates (subject to hydrolysis) is 1. The normalized spacial score (nSPS) is 15.7. The highest BCUT2D eigenvalue weighted by Crippen LogP contribution is 2.44. The second-order valence-electron chi connectivity index (χ2n) is 10.4. The maximum Gasteiger partial charge on any atom is 0.407 e. The number of hydrogen-bond acceptors (Lipinski definition) is 4. The highest BCUT2D eigenvalue weighted by molar-refractivity contribution is 5.88. The van der Waals surface area contributed by atoms with Gasteiger partial charge in [0.05, 0.1) is 0 Å². The fourth-order valence-electron chi connectivity index (χ4n) is 4.71. The van der Waals surface area contributed by atoms with Crippen LogP contribution < -0.4 is 5.32 Å². The van der Waals surface area contributed by atoms with E-state index in [9.17, 15) is 19.5 Å². The van der Waals surface area contributed by atoms with Gasteiger partial charge >= 0.3 is 12.1 Å². The lowest BCUT2D eigenvalue weighted by Gasteiger charge is -2.30. The first-order valence-electron chi connectivity index (χ1n) is 11.8. The third-order valence-corrected chi connectivity index (χ3v) is 6.33. The third-order valence-electron chi connectivity index (χ3n) is 6.33. The molecule has 0 spiro atoms. The van der Waals surface area contributed by atoms with Gasteiger partial charge in [-0.3, -0.25) is 9.59 Å². The molecule has 2 amide bonds. The Morgan fingerprint density at radius 2 is 1.59 bits per heavy atom. The van der Waals surface area contributed by atoms with Gasteiger partial charge in [-0.25, -0.2) is 4.79 Å². The van der Waals surface area contributed by atoms with Crippen molar-refractivity contribution in [1.82, 2.24) is 10.2 Å². The van der Waals surface area contributed by atoms with Gasteiger partial charge in [-0.15, -0.1) is 0 Å². The van der Waals surface area contributed by atoms with Gasteiger partial charge in [0.1, 0.15) is 19.2 Å². The molecule has 2 aromatic rings. The summed E-state index contributed by atoms with van der Waals surface area (Å²) in [6, 6.07) is 15.3. The lowest BCUT2D eigenvalue weighted by atomic mass is 9.87. The quantitative estimate of drug-likeness (QED) is 0.604. The molecule has 1 unspecified atom stereocenters. The Kier molecular flexibility index (Phi) is 6.64. The minimum Gasteiger partial charge on any atom is -0.480 e. The van der Waals surface area contributed by atoms with Crippen LogP contribution in [-0.4, -0.2) is 53.2 Å². The van der Waals surface area contributed by atoms with Gasteiger partial charge in [0.15, 0.2) is 0 Å². The van der Waals surface area contributed by atoms with Crippen LogP contribution in [0.1, 0.15) is 57.1 Å². The van der Waals surface area contributed by atoms with E-state index in [1.165, 1.54) is 4.90 Å². The van der Waals surface area contributed by atoms with Crippen LogP contribution in [0, 0.1) is 5.41 Å². The summed E-state index contributed by atoms with van der Waals surface area (Å²) in [5, 5.41) is 12.0. The van der Waals surface area contributed by atoms with E-state index < -0.39 is 18.1 Å². The number of nitrogens with one attached hydrogen (secondary N) is 1. The molecule has 0 aromatic heterocycles. The van der Waals surface area contributed by atoms with Gasteiger partial charge in [0.2, 0.25) is 5.91 Å². The van der Waals surface area contributed by atoms with E-state index >= 15 is 0 Å². The zero-order valence-corrected chi connectivity index (χ0v) is 19.9. The number of amides is 2. The summed E-state index contributed by atoms with van der Waals surface area (Å²) in [7, 11) is 0. The summed E-state index contributed by atoms with van der Waals surface area (Å²) in [5.74, 6) is -1.51. The molecular weight excluding hydrogens is 432 g/mol. The molecule has 0 aliphatic heterocycles. The molecule has 4 rings (SSSR count). The molecule has 2 aliphatic rings. The molecule has 2 aliphatic carbocycles. The number of nitrogens with zero attached hydrogens (tertiary/aromatic N) is 1. The van der Waals surface area contributed by atoms with Crippen LogP contribution in [0.4, 0.5) is 4.79 Å². The largest absolute Gasteiger partial charge is 0.480 e. The van der Waals surface area contributed by atoms with Gasteiger partial charge in [-0.05, 0) is 46.9 Å². The number of rotatable bonds is 8. The Balaban J connectivity index is 1.46. The number of aliphatic carboxylic acids is 1. The van der Waals surface area contributed by atoms with Gasteiger partial charge in [0, 0.05) is 12.0 Å². The van der Waals surface area contributed by atoms with Crippen LogP contribution in [0.5, 0.6) is 0 Å². The van der Waals surface area contributed by atoms with Crippen LogP contribution in [0.2, 0.25) is 0 Å². The van der Waals surface area contributed by atoms with Crippen molar-refractivity contribution in [1.29, 1.82) is 0 Å². The minimum atomic E-state index is -1.06. The van der Waals surface area contributed by atoms with Crippen LogP contribution in [0.15, 0.2) is 48.5 Å². The van der Waals surface area contributed by atoms with E-state index in [4.69, 9.17) is 4.74 Å². The molecule has 1 fully saturated rings. The molecule has 1 saturated carbocycles. The zero-order valence-electron chi connectivity index (χ0n) is 19.9. The Labute approximate surface area is 200 Å². The fourth-order valence-corrected chi connectivity index (χ4v) is 4.71. The molecule has 34 heavy (non-hydrogen) atoms. The number of carbonyl (C=O) groups is 3. The first kappa shape index (κ1) is 23.8. The van der Waals surface area contributed by atoms with Crippen LogP contribution >= 0.6 is 0 Å². The molecule has 1 atom stereocenters. The van der Waals surface area contributed by atoms with Crippen molar-refractivity contribution in [2.45, 2.75) is 58.0 Å². The Hall–Kier alpha value is -3.35. The number of benzene rings is 2. The highest BCUT2D eigenvalue weighted by atomic mass is 16.5. The molecule has 0 saturated heterocycles. The van der Waals surface area contributed by atoms with Crippen LogP contribution in [0.25, 0.3) is 11.1 Å². The first-order valence-corrected chi connectivity index (χ1v) is 11.8. The van der Waals surface area contributed by atoms with Crippen molar-refractivity contribution >= 4 is 18.0 Å². The van der Waals surface area contributed by atoms with Gasteiger partial charge < -0.3 is 20.1 Å². The first-order chi connectivity index (χ1) is 16.1. The average molecular weight is 465 g/mol. The molecule has 0 bridgehead atoms. The van der Waals surface area contributed by atoms with E-state index in [0.717, 1.165) is 35.1 Å². The topological polar surface area (TPSA) is 95.9 Å². The minimum absolute atomic E-state index is 0.0737. The Morgan fingerprint density at radius 1 is 1.03 bits per heavy atom. The fraction of sp³-hybridized carbons (Fsp3) is 0.444. The standard InChI is InChI=1S/C27H32N2O5/c1-27(2,3)14-23(25(32)29(15-24(30)31)17-12-13-17)28-26(33)34-16-22-20-10-6-4-8-18(20)19-9-5-7-11-21(19)22/h4-11,17,22-23H,12-16H2,1-3H3,(H,28,33)(H,30,31). The second-order valence-corrected chi connectivity index (χ2v) is 10.4. The highest BCUT2D eigenvalue weighted by Gasteiger charge is 2.39. The summed E-state index contributed by atoms with van der Waals surface area (Å²) in [6.07, 6.45) is 1.27. The number of hydrogen-bond donors (Lipinski definition) is 2. The molecule has 2 aromatic carbocycles. The summed E-state index contributed by atoms with van der Waals surface area (Å²) in [4.78, 5) is 38.8. The van der Waals surface area contributed by atoms with Crippen LogP contribution in [0.3, 0.4) is 0 Å². The van der Waals surface area contributed by atoms with Crippen molar-refractivity contribution in [3.05, 3.63) is 59.7 Å². The van der Waals surface area contributed by atoms with Crippen LogP contribution in [-0.2, 0) is 14.3 Å². The second kappa shape index (κ2) is 9.49. The molecule has 7 nitrogen and oxygen atoms in total. The van der Waals surface area contributed by atoms with E-state index in [2.05, 4.69) is 17.4 Å². The molecule has 7 heteroatoms. The van der Waals surface area contributed by atoms with E-state index in [1.54, 1.807) is 0 Å². The molecular formula is C27H32N2O5. The predicted octanol–water partition coefficient (Wildman–Crippen LogP) is 4.41. The lowest BCUT2D eigenvalue weighted by Crippen LogP contribution is -2.52. The van der Waals surface area contributed by atoms with Crippen molar-refractivity contribution in [3.8, 4) is 11.1 Å². The van der Waals surface area contributed by atoms with Crippen molar-refractivity contribution in [3.63, 3.8) is 0 Å². The number of carboxylic acids is 1. The summed E-state index contributed by atoms with van der Waals surface area (Å²) in [6.45, 7) is 5.72. The van der Waals surface area contributed by atoms with Gasteiger partial charge in [-0.2, -0.15) is 0 Å². The monoisotopic (exact) mass is 464 g/mol. The van der Waals surface area contributed by atoms with Gasteiger partial charge in [-0.1, -0.05) is 69.3 Å². The summed E-state index contributed by atoms with van der Waals surface area (Å²) in [5.41, 5.74) is 4.25.